The Hall–Kier alpha value is -1.40. The Morgan fingerprint density at radius 2 is 2.42 bits per heavy atom. The number of aliphatic hydroxyl groups is 1. The van der Waals surface area contributed by atoms with Gasteiger partial charge in [0.15, 0.2) is 0 Å². The summed E-state index contributed by atoms with van der Waals surface area (Å²) in [4.78, 5) is 13.9. The summed E-state index contributed by atoms with van der Waals surface area (Å²) in [6.07, 6.45) is 1.48. The van der Waals surface area contributed by atoms with Gasteiger partial charge in [-0.15, -0.1) is 0 Å². The summed E-state index contributed by atoms with van der Waals surface area (Å²) >= 11 is 0. The van der Waals surface area contributed by atoms with E-state index in [0.717, 1.165) is 18.7 Å². The van der Waals surface area contributed by atoms with Crippen LogP contribution in [0.25, 0.3) is 0 Å². The normalized spacial score (nSPS) is 22.7. The van der Waals surface area contributed by atoms with Crippen LogP contribution in [0.1, 0.15) is 29.5 Å². The first-order valence-corrected chi connectivity index (χ1v) is 6.66. The van der Waals surface area contributed by atoms with Crippen LogP contribution in [0.2, 0.25) is 0 Å². The topological polar surface area (TPSA) is 70.4 Å². The molecule has 1 fully saturated rings. The summed E-state index contributed by atoms with van der Waals surface area (Å²) in [5.74, 6) is -0.102. The third-order valence-corrected chi connectivity index (χ3v) is 3.61. The van der Waals surface area contributed by atoms with Crippen LogP contribution in [-0.4, -0.2) is 58.0 Å². The van der Waals surface area contributed by atoms with Crippen LogP contribution in [0.5, 0.6) is 0 Å². The van der Waals surface area contributed by atoms with Gasteiger partial charge >= 0.3 is 0 Å². The van der Waals surface area contributed by atoms with Crippen LogP contribution >= 0.6 is 0 Å². The average molecular weight is 266 g/mol. The lowest BCUT2D eigenvalue weighted by Gasteiger charge is -2.27. The zero-order chi connectivity index (χ0) is 14.0. The molecule has 0 saturated carbocycles. The maximum Gasteiger partial charge on any atom is 0.271 e. The number of β-amino-alcohol motifs (C(OH)–C–C–N with tert-alkyl or cyclic N) is 1. The highest BCUT2D eigenvalue weighted by atomic mass is 16.3. The highest BCUT2D eigenvalue weighted by Crippen LogP contribution is 2.17. The van der Waals surface area contributed by atoms with Gasteiger partial charge in [0.2, 0.25) is 0 Å². The predicted molar refractivity (Wildman–Crippen MR) is 72.0 cm³/mol. The Kier molecular flexibility index (Phi) is 3.91. The zero-order valence-electron chi connectivity index (χ0n) is 11.8. The smallest absolute Gasteiger partial charge is 0.271 e. The molecule has 2 heterocycles. The van der Waals surface area contributed by atoms with E-state index in [2.05, 4.69) is 10.4 Å². The molecular weight excluding hydrogens is 244 g/mol. The standard InChI is InChI=1S/C13H22N4O2/c1-4-10-7-11(17(3)15-10)12(18)16(2)9-13(19)5-6-14-8-13/h7,14,19H,4-6,8-9H2,1-3H3. The van der Waals surface area contributed by atoms with Crippen molar-refractivity contribution in [2.24, 2.45) is 7.05 Å². The molecule has 1 unspecified atom stereocenters. The molecule has 1 aliphatic rings. The van der Waals surface area contributed by atoms with Gasteiger partial charge in [0.05, 0.1) is 17.8 Å². The van der Waals surface area contributed by atoms with Crippen molar-refractivity contribution in [2.45, 2.75) is 25.4 Å². The molecule has 1 amide bonds. The number of amides is 1. The summed E-state index contributed by atoms with van der Waals surface area (Å²) < 4.78 is 1.61. The maximum absolute atomic E-state index is 12.4. The lowest BCUT2D eigenvalue weighted by atomic mass is 10.0. The molecule has 6 heteroatoms. The molecule has 2 N–H and O–H groups in total. The molecule has 2 rings (SSSR count). The van der Waals surface area contributed by atoms with E-state index in [9.17, 15) is 9.90 Å². The molecule has 0 aromatic carbocycles. The Bertz CT molecular complexity index is 463. The fourth-order valence-corrected chi connectivity index (χ4v) is 2.47. The third kappa shape index (κ3) is 2.96. The highest BCUT2D eigenvalue weighted by Gasteiger charge is 2.34. The van der Waals surface area contributed by atoms with Crippen LogP contribution in [0.15, 0.2) is 6.07 Å². The lowest BCUT2D eigenvalue weighted by molar-refractivity contribution is 0.0248. The van der Waals surface area contributed by atoms with Gasteiger partial charge in [-0.05, 0) is 25.5 Å². The van der Waals surface area contributed by atoms with Crippen LogP contribution in [0.3, 0.4) is 0 Å². The molecule has 1 aromatic heterocycles. The van der Waals surface area contributed by atoms with Crippen molar-refractivity contribution in [1.82, 2.24) is 20.0 Å². The molecule has 106 valence electrons. The molecule has 0 spiro atoms. The first kappa shape index (κ1) is 14.0. The van der Waals surface area contributed by atoms with Crippen molar-refractivity contribution >= 4 is 5.91 Å². The minimum Gasteiger partial charge on any atom is -0.387 e. The summed E-state index contributed by atoms with van der Waals surface area (Å²) in [6, 6.07) is 1.82. The van der Waals surface area contributed by atoms with E-state index in [1.54, 1.807) is 23.7 Å². The van der Waals surface area contributed by atoms with E-state index in [4.69, 9.17) is 0 Å². The van der Waals surface area contributed by atoms with Gasteiger partial charge in [-0.2, -0.15) is 5.10 Å². The Balaban J connectivity index is 2.07. The van der Waals surface area contributed by atoms with E-state index in [-0.39, 0.29) is 5.91 Å². The number of aromatic nitrogens is 2. The molecule has 19 heavy (non-hydrogen) atoms. The minimum atomic E-state index is -0.809. The maximum atomic E-state index is 12.4. The summed E-state index contributed by atoms with van der Waals surface area (Å²) in [5.41, 5.74) is 0.658. The Labute approximate surface area is 113 Å². The van der Waals surface area contributed by atoms with Crippen molar-refractivity contribution in [1.29, 1.82) is 0 Å². The van der Waals surface area contributed by atoms with E-state index >= 15 is 0 Å². The fourth-order valence-electron chi connectivity index (χ4n) is 2.47. The minimum absolute atomic E-state index is 0.102. The summed E-state index contributed by atoms with van der Waals surface area (Å²) in [6.45, 7) is 3.68. The molecule has 1 aliphatic heterocycles. The van der Waals surface area contributed by atoms with Crippen molar-refractivity contribution in [3.8, 4) is 0 Å². The number of rotatable bonds is 4. The monoisotopic (exact) mass is 266 g/mol. The molecule has 1 atom stereocenters. The number of nitrogens with one attached hydrogen (secondary N) is 1. The lowest BCUT2D eigenvalue weighted by Crippen LogP contribution is -2.45. The van der Waals surface area contributed by atoms with E-state index in [1.165, 1.54) is 0 Å². The number of hydrogen-bond acceptors (Lipinski definition) is 4. The van der Waals surface area contributed by atoms with Crippen LogP contribution in [0, 0.1) is 0 Å². The zero-order valence-corrected chi connectivity index (χ0v) is 11.8. The van der Waals surface area contributed by atoms with Crippen LogP contribution in [0.4, 0.5) is 0 Å². The quantitative estimate of drug-likeness (QED) is 0.790. The molecule has 0 radical (unpaired) electrons. The molecule has 1 saturated heterocycles. The molecule has 0 aliphatic carbocycles. The number of nitrogens with zero attached hydrogens (tertiary/aromatic N) is 3. The number of hydrogen-bond donors (Lipinski definition) is 2. The van der Waals surface area contributed by atoms with E-state index in [0.29, 0.717) is 25.2 Å². The number of carbonyl (C=O) groups is 1. The number of carbonyl (C=O) groups excluding carboxylic acids is 1. The second kappa shape index (κ2) is 5.30. The second-order valence-electron chi connectivity index (χ2n) is 5.31. The third-order valence-electron chi connectivity index (χ3n) is 3.61. The molecular formula is C13H22N4O2. The van der Waals surface area contributed by atoms with Gasteiger partial charge < -0.3 is 15.3 Å². The van der Waals surface area contributed by atoms with Gasteiger partial charge in [-0.25, -0.2) is 0 Å². The van der Waals surface area contributed by atoms with Gasteiger partial charge in [-0.3, -0.25) is 9.48 Å². The van der Waals surface area contributed by atoms with Gasteiger partial charge in [0.25, 0.3) is 5.91 Å². The first-order valence-electron chi connectivity index (χ1n) is 6.66. The van der Waals surface area contributed by atoms with Crippen molar-refractivity contribution < 1.29 is 9.90 Å². The van der Waals surface area contributed by atoms with Gasteiger partial charge in [-0.1, -0.05) is 6.92 Å². The summed E-state index contributed by atoms with van der Waals surface area (Å²) in [5, 5.41) is 17.7. The SMILES string of the molecule is CCc1cc(C(=O)N(C)CC2(O)CCNC2)n(C)n1. The van der Waals surface area contributed by atoms with Gasteiger partial charge in [0.1, 0.15) is 5.69 Å². The first-order chi connectivity index (χ1) is 8.95. The Morgan fingerprint density at radius 3 is 2.95 bits per heavy atom. The second-order valence-corrected chi connectivity index (χ2v) is 5.31. The highest BCUT2D eigenvalue weighted by molar-refractivity contribution is 5.92. The molecule has 6 nitrogen and oxygen atoms in total. The van der Waals surface area contributed by atoms with Crippen molar-refractivity contribution in [3.05, 3.63) is 17.5 Å². The van der Waals surface area contributed by atoms with Gasteiger partial charge in [0, 0.05) is 20.6 Å². The van der Waals surface area contributed by atoms with Crippen molar-refractivity contribution in [3.63, 3.8) is 0 Å². The fraction of sp³-hybridized carbons (Fsp3) is 0.692. The molecule has 0 bridgehead atoms. The number of likely N-dealkylation sites (N-methyl/N-ethyl adjacent to an activating group) is 1. The average Bonchev–Trinajstić information content (AvgIpc) is 2.94. The largest absolute Gasteiger partial charge is 0.387 e. The predicted octanol–water partition coefficient (Wildman–Crippen LogP) is -0.221. The van der Waals surface area contributed by atoms with E-state index in [1.807, 2.05) is 13.0 Å². The molecule has 1 aromatic rings. The van der Waals surface area contributed by atoms with E-state index < -0.39 is 5.60 Å². The van der Waals surface area contributed by atoms with Crippen LogP contribution < -0.4 is 5.32 Å². The number of aryl methyl sites for hydroxylation is 2. The Morgan fingerprint density at radius 1 is 1.68 bits per heavy atom. The van der Waals surface area contributed by atoms with Crippen LogP contribution in [-0.2, 0) is 13.5 Å². The van der Waals surface area contributed by atoms with Crippen molar-refractivity contribution in [2.75, 3.05) is 26.7 Å². The summed E-state index contributed by atoms with van der Waals surface area (Å²) in [7, 11) is 3.49.